The van der Waals surface area contributed by atoms with Gasteiger partial charge < -0.3 is 4.90 Å². The molecule has 9 heteroatoms. The van der Waals surface area contributed by atoms with Crippen LogP contribution >= 0.6 is 0 Å². The highest BCUT2D eigenvalue weighted by Gasteiger charge is 2.31. The van der Waals surface area contributed by atoms with Crippen LogP contribution in [0.5, 0.6) is 0 Å². The summed E-state index contributed by atoms with van der Waals surface area (Å²) in [7, 11) is 1.73. The van der Waals surface area contributed by atoms with Gasteiger partial charge in [-0.05, 0) is 25.0 Å². The molecule has 2 heterocycles. The molecule has 1 amide bonds. The highest BCUT2D eigenvalue weighted by molar-refractivity contribution is 5.92. The first-order chi connectivity index (χ1) is 11.4. The number of pyridine rings is 1. The van der Waals surface area contributed by atoms with Crippen molar-refractivity contribution in [3.63, 3.8) is 0 Å². The van der Waals surface area contributed by atoms with Crippen molar-refractivity contribution in [1.82, 2.24) is 24.9 Å². The zero-order valence-corrected chi connectivity index (χ0v) is 13.0. The Balaban J connectivity index is 1.76. The van der Waals surface area contributed by atoms with Crippen LogP contribution in [-0.2, 0) is 6.18 Å². The van der Waals surface area contributed by atoms with Gasteiger partial charge in [0.15, 0.2) is 11.5 Å². The Morgan fingerprint density at radius 1 is 1.29 bits per heavy atom. The largest absolute Gasteiger partial charge is 0.417 e. The van der Waals surface area contributed by atoms with Crippen LogP contribution in [0, 0.1) is 0 Å². The van der Waals surface area contributed by atoms with Crippen LogP contribution in [0.3, 0.4) is 0 Å². The summed E-state index contributed by atoms with van der Waals surface area (Å²) in [5, 5.41) is 7.60. The Morgan fingerprint density at radius 2 is 2.00 bits per heavy atom. The summed E-state index contributed by atoms with van der Waals surface area (Å²) in [5.41, 5.74) is -0.699. The maximum absolute atomic E-state index is 12.5. The minimum atomic E-state index is -4.45. The number of hydrogen-bond donors (Lipinski definition) is 0. The number of amides is 1. The Hall–Kier alpha value is -2.45. The molecule has 0 saturated heterocycles. The van der Waals surface area contributed by atoms with Crippen LogP contribution < -0.4 is 0 Å². The van der Waals surface area contributed by atoms with Gasteiger partial charge in [0.05, 0.1) is 11.8 Å². The summed E-state index contributed by atoms with van der Waals surface area (Å²) >= 11 is 0. The van der Waals surface area contributed by atoms with Crippen LogP contribution in [0.25, 0.3) is 5.82 Å². The fourth-order valence-corrected chi connectivity index (χ4v) is 2.80. The molecule has 0 aliphatic heterocycles. The molecule has 0 atom stereocenters. The number of carbonyl (C=O) groups excluding carboxylic acids is 1. The third-order valence-electron chi connectivity index (χ3n) is 4.22. The van der Waals surface area contributed by atoms with Gasteiger partial charge in [-0.1, -0.05) is 18.1 Å². The van der Waals surface area contributed by atoms with E-state index in [-0.39, 0.29) is 23.5 Å². The van der Waals surface area contributed by atoms with Crippen LogP contribution in [0.4, 0.5) is 13.2 Å². The maximum atomic E-state index is 12.5. The lowest BCUT2D eigenvalue weighted by molar-refractivity contribution is -0.137. The fraction of sp³-hybridized carbons (Fsp3) is 0.467. The molecule has 128 valence electrons. The van der Waals surface area contributed by atoms with Gasteiger partial charge in [-0.3, -0.25) is 4.79 Å². The van der Waals surface area contributed by atoms with Gasteiger partial charge in [-0.2, -0.15) is 13.2 Å². The van der Waals surface area contributed by atoms with Crippen molar-refractivity contribution in [1.29, 1.82) is 0 Å². The molecule has 3 rings (SSSR count). The van der Waals surface area contributed by atoms with Crippen molar-refractivity contribution in [3.05, 3.63) is 35.8 Å². The fourth-order valence-electron chi connectivity index (χ4n) is 2.80. The normalized spacial score (nSPS) is 15.7. The molecular formula is C15H16F3N5O. The molecule has 1 aliphatic rings. The second-order valence-electron chi connectivity index (χ2n) is 5.81. The van der Waals surface area contributed by atoms with E-state index in [2.05, 4.69) is 15.3 Å². The third kappa shape index (κ3) is 3.24. The van der Waals surface area contributed by atoms with Crippen LogP contribution in [0.15, 0.2) is 24.5 Å². The molecular weight excluding hydrogens is 323 g/mol. The van der Waals surface area contributed by atoms with Crippen LogP contribution in [0.2, 0.25) is 0 Å². The smallest absolute Gasteiger partial charge is 0.337 e. The highest BCUT2D eigenvalue weighted by Crippen LogP contribution is 2.28. The average Bonchev–Trinajstić information content (AvgIpc) is 3.24. The number of halogens is 3. The van der Waals surface area contributed by atoms with E-state index in [0.29, 0.717) is 0 Å². The van der Waals surface area contributed by atoms with Gasteiger partial charge in [-0.25, -0.2) is 9.67 Å². The standard InChI is InChI=1S/C15H16F3N5O/c1-22(11-4-2-3-5-11)14(24)12-9-23(21-20-12)13-7-6-10(8-19-13)15(16,17)18/h6-9,11H,2-5H2,1H3. The minimum Gasteiger partial charge on any atom is -0.337 e. The lowest BCUT2D eigenvalue weighted by Gasteiger charge is -2.22. The molecule has 1 fully saturated rings. The lowest BCUT2D eigenvalue weighted by Crippen LogP contribution is -2.35. The van der Waals surface area contributed by atoms with Crippen molar-refractivity contribution < 1.29 is 18.0 Å². The summed E-state index contributed by atoms with van der Waals surface area (Å²) in [6, 6.07) is 2.30. The molecule has 2 aromatic rings. The number of hydrogen-bond acceptors (Lipinski definition) is 4. The molecule has 0 radical (unpaired) electrons. The van der Waals surface area contributed by atoms with Crippen LogP contribution in [-0.4, -0.2) is 43.9 Å². The van der Waals surface area contributed by atoms with Gasteiger partial charge in [0.1, 0.15) is 0 Å². The molecule has 1 saturated carbocycles. The Morgan fingerprint density at radius 3 is 2.58 bits per heavy atom. The van der Waals surface area contributed by atoms with Crippen LogP contribution in [0.1, 0.15) is 41.7 Å². The molecule has 1 aliphatic carbocycles. The van der Waals surface area contributed by atoms with Crippen molar-refractivity contribution in [2.24, 2.45) is 0 Å². The van der Waals surface area contributed by atoms with E-state index in [4.69, 9.17) is 0 Å². The van der Waals surface area contributed by atoms with E-state index >= 15 is 0 Å². The molecule has 0 spiro atoms. The van der Waals surface area contributed by atoms with E-state index in [1.165, 1.54) is 16.9 Å². The minimum absolute atomic E-state index is 0.145. The monoisotopic (exact) mass is 339 g/mol. The summed E-state index contributed by atoms with van der Waals surface area (Å²) < 4.78 is 38.8. The first kappa shape index (κ1) is 16.4. The zero-order valence-electron chi connectivity index (χ0n) is 13.0. The summed E-state index contributed by atoms with van der Waals surface area (Å²) in [6.07, 6.45) is 1.80. The average molecular weight is 339 g/mol. The molecule has 0 unspecified atom stereocenters. The Bertz CT molecular complexity index is 719. The number of carbonyl (C=O) groups is 1. The molecule has 0 aromatic carbocycles. The first-order valence-electron chi connectivity index (χ1n) is 7.59. The summed E-state index contributed by atoms with van der Waals surface area (Å²) in [4.78, 5) is 17.8. The van der Waals surface area contributed by atoms with Gasteiger partial charge in [0, 0.05) is 19.3 Å². The lowest BCUT2D eigenvalue weighted by atomic mass is 10.2. The van der Waals surface area contributed by atoms with E-state index in [1.54, 1.807) is 11.9 Å². The van der Waals surface area contributed by atoms with E-state index in [0.717, 1.165) is 37.9 Å². The predicted molar refractivity (Wildman–Crippen MR) is 78.5 cm³/mol. The third-order valence-corrected chi connectivity index (χ3v) is 4.22. The molecule has 0 N–H and O–H groups in total. The number of alkyl halides is 3. The van der Waals surface area contributed by atoms with Crippen molar-refractivity contribution in [2.75, 3.05) is 7.05 Å². The van der Waals surface area contributed by atoms with Crippen molar-refractivity contribution >= 4 is 5.91 Å². The molecule has 24 heavy (non-hydrogen) atoms. The maximum Gasteiger partial charge on any atom is 0.417 e. The highest BCUT2D eigenvalue weighted by atomic mass is 19.4. The topological polar surface area (TPSA) is 63.9 Å². The SMILES string of the molecule is CN(C(=O)c1cn(-c2ccc(C(F)(F)F)cn2)nn1)C1CCCC1. The number of rotatable bonds is 3. The van der Waals surface area contributed by atoms with Gasteiger partial charge >= 0.3 is 6.18 Å². The first-order valence-corrected chi connectivity index (χ1v) is 7.59. The van der Waals surface area contributed by atoms with E-state index < -0.39 is 11.7 Å². The zero-order chi connectivity index (χ0) is 17.3. The number of nitrogens with zero attached hydrogens (tertiary/aromatic N) is 5. The van der Waals surface area contributed by atoms with Gasteiger partial charge in [0.25, 0.3) is 5.91 Å². The predicted octanol–water partition coefficient (Wildman–Crippen LogP) is 2.70. The Labute approximate surface area is 136 Å². The van der Waals surface area contributed by atoms with Gasteiger partial charge in [-0.15, -0.1) is 5.10 Å². The van der Waals surface area contributed by atoms with E-state index in [1.807, 2.05) is 0 Å². The molecule has 2 aromatic heterocycles. The Kier molecular flexibility index (Phi) is 4.25. The molecule has 0 bridgehead atoms. The quantitative estimate of drug-likeness (QED) is 0.862. The van der Waals surface area contributed by atoms with Gasteiger partial charge in [0.2, 0.25) is 0 Å². The summed E-state index contributed by atoms with van der Waals surface area (Å²) in [5.74, 6) is -0.0851. The van der Waals surface area contributed by atoms with E-state index in [9.17, 15) is 18.0 Å². The summed E-state index contributed by atoms with van der Waals surface area (Å²) in [6.45, 7) is 0. The number of aromatic nitrogens is 4. The van der Waals surface area contributed by atoms with Crippen molar-refractivity contribution in [2.45, 2.75) is 37.9 Å². The molecule has 6 nitrogen and oxygen atoms in total. The second-order valence-corrected chi connectivity index (χ2v) is 5.81. The van der Waals surface area contributed by atoms with Crippen molar-refractivity contribution in [3.8, 4) is 5.82 Å². The second kappa shape index (κ2) is 6.21.